The van der Waals surface area contributed by atoms with Gasteiger partial charge in [0.25, 0.3) is 0 Å². The minimum Gasteiger partial charge on any atom is -0.481 e. The summed E-state index contributed by atoms with van der Waals surface area (Å²) >= 11 is 0. The Hall–Kier alpha value is -2.02. The number of aryl methyl sites for hydroxylation is 1. The van der Waals surface area contributed by atoms with E-state index < -0.39 is 18.0 Å². The first-order valence-corrected chi connectivity index (χ1v) is 6.40. The van der Waals surface area contributed by atoms with E-state index in [0.717, 1.165) is 12.2 Å². The van der Waals surface area contributed by atoms with E-state index in [1.54, 1.807) is 6.07 Å². The molecule has 1 aromatic rings. The summed E-state index contributed by atoms with van der Waals surface area (Å²) in [4.78, 5) is 22.0. The van der Waals surface area contributed by atoms with Gasteiger partial charge < -0.3 is 24.9 Å². The fourth-order valence-corrected chi connectivity index (χ4v) is 1.63. The van der Waals surface area contributed by atoms with E-state index in [1.807, 2.05) is 13.0 Å². The molecule has 112 valence electrons. The Bertz CT molecular complexity index is 444. The number of nitrogens with one attached hydrogen (secondary N) is 2. The molecule has 7 nitrogen and oxygen atoms in total. The number of furan rings is 1. The summed E-state index contributed by atoms with van der Waals surface area (Å²) in [6.07, 6.45) is 0.646. The van der Waals surface area contributed by atoms with Gasteiger partial charge in [0.15, 0.2) is 0 Å². The molecule has 0 aromatic carbocycles. The van der Waals surface area contributed by atoms with Crippen LogP contribution in [0.2, 0.25) is 0 Å². The summed E-state index contributed by atoms with van der Waals surface area (Å²) in [5, 5.41) is 13.6. The molecule has 7 heteroatoms. The second-order valence-corrected chi connectivity index (χ2v) is 4.21. The highest BCUT2D eigenvalue weighted by atomic mass is 16.5. The maximum atomic E-state index is 11.6. The van der Waals surface area contributed by atoms with Gasteiger partial charge in [0.05, 0.1) is 13.0 Å². The van der Waals surface area contributed by atoms with E-state index in [2.05, 4.69) is 10.6 Å². The maximum absolute atomic E-state index is 11.6. The molecule has 0 saturated heterocycles. The average Bonchev–Trinajstić information content (AvgIpc) is 2.86. The minimum absolute atomic E-state index is 0.0687. The molecule has 0 bridgehead atoms. The van der Waals surface area contributed by atoms with Gasteiger partial charge in [-0.05, 0) is 12.1 Å². The first-order chi connectivity index (χ1) is 9.56. The molecule has 3 N–H and O–H groups in total. The van der Waals surface area contributed by atoms with Crippen LogP contribution in [0.25, 0.3) is 0 Å². The highest BCUT2D eigenvalue weighted by Crippen LogP contribution is 2.17. The third-order valence-corrected chi connectivity index (χ3v) is 2.64. The summed E-state index contributed by atoms with van der Waals surface area (Å²) in [6, 6.07) is 2.77. The van der Waals surface area contributed by atoms with Crippen molar-refractivity contribution in [3.05, 3.63) is 23.7 Å². The van der Waals surface area contributed by atoms with Crippen molar-refractivity contribution in [3.63, 3.8) is 0 Å². The fourth-order valence-electron chi connectivity index (χ4n) is 1.63. The number of aliphatic carboxylic acids is 1. The fraction of sp³-hybridized carbons (Fsp3) is 0.538. The topological polar surface area (TPSA) is 101 Å². The summed E-state index contributed by atoms with van der Waals surface area (Å²) in [5.41, 5.74) is 0. The molecule has 0 aliphatic carbocycles. The molecule has 0 saturated carbocycles. The Kier molecular flexibility index (Phi) is 6.58. The molecule has 1 rings (SSSR count). The highest BCUT2D eigenvalue weighted by Gasteiger charge is 2.18. The zero-order chi connectivity index (χ0) is 15.0. The van der Waals surface area contributed by atoms with Crippen LogP contribution in [-0.4, -0.2) is 37.4 Å². The number of carboxylic acids is 1. The summed E-state index contributed by atoms with van der Waals surface area (Å²) in [5.74, 6) is 0.476. The molecule has 1 atom stereocenters. The number of methoxy groups -OCH3 is 1. The lowest BCUT2D eigenvalue weighted by Crippen LogP contribution is -2.40. The zero-order valence-electron chi connectivity index (χ0n) is 11.6. The Morgan fingerprint density at radius 2 is 2.20 bits per heavy atom. The molecule has 1 unspecified atom stereocenters. The number of amides is 2. The van der Waals surface area contributed by atoms with Gasteiger partial charge >= 0.3 is 12.0 Å². The zero-order valence-corrected chi connectivity index (χ0v) is 11.6. The normalized spacial score (nSPS) is 11.9. The van der Waals surface area contributed by atoms with Gasteiger partial charge in [-0.2, -0.15) is 0 Å². The Morgan fingerprint density at radius 1 is 1.45 bits per heavy atom. The van der Waals surface area contributed by atoms with Crippen molar-refractivity contribution in [1.29, 1.82) is 0 Å². The lowest BCUT2D eigenvalue weighted by Gasteiger charge is -2.16. The van der Waals surface area contributed by atoms with Crippen molar-refractivity contribution in [2.75, 3.05) is 20.3 Å². The highest BCUT2D eigenvalue weighted by molar-refractivity contribution is 5.75. The van der Waals surface area contributed by atoms with Gasteiger partial charge in [-0.3, -0.25) is 4.79 Å². The second-order valence-electron chi connectivity index (χ2n) is 4.21. The molecular weight excluding hydrogens is 264 g/mol. The summed E-state index contributed by atoms with van der Waals surface area (Å²) < 4.78 is 10.6. The lowest BCUT2D eigenvalue weighted by molar-refractivity contribution is -0.136. The van der Waals surface area contributed by atoms with E-state index in [4.69, 9.17) is 14.3 Å². The monoisotopic (exact) mass is 284 g/mol. The van der Waals surface area contributed by atoms with Gasteiger partial charge in [0, 0.05) is 20.1 Å². The van der Waals surface area contributed by atoms with E-state index >= 15 is 0 Å². The number of urea groups is 1. The Morgan fingerprint density at radius 3 is 2.75 bits per heavy atom. The van der Waals surface area contributed by atoms with Gasteiger partial charge in [0.2, 0.25) is 0 Å². The summed E-state index contributed by atoms with van der Waals surface area (Å²) in [7, 11) is 1.53. The standard InChI is InChI=1S/C13H20N2O5/c1-3-9-4-5-11(20-9)10(8-19-2)15-13(18)14-7-6-12(16)17/h4-5,10H,3,6-8H2,1-2H3,(H,16,17)(H2,14,15,18). The molecule has 0 aliphatic heterocycles. The molecule has 0 aliphatic rings. The van der Waals surface area contributed by atoms with Gasteiger partial charge in [-0.15, -0.1) is 0 Å². The van der Waals surface area contributed by atoms with Crippen LogP contribution in [0.4, 0.5) is 4.79 Å². The molecule has 20 heavy (non-hydrogen) atoms. The molecule has 2 amide bonds. The molecule has 0 fully saturated rings. The van der Waals surface area contributed by atoms with Crippen LogP contribution in [0.15, 0.2) is 16.5 Å². The van der Waals surface area contributed by atoms with Gasteiger partial charge in [0.1, 0.15) is 17.6 Å². The van der Waals surface area contributed by atoms with Crippen molar-refractivity contribution in [1.82, 2.24) is 10.6 Å². The molecule has 1 heterocycles. The largest absolute Gasteiger partial charge is 0.481 e. The van der Waals surface area contributed by atoms with Crippen molar-refractivity contribution >= 4 is 12.0 Å². The quantitative estimate of drug-likeness (QED) is 0.668. The summed E-state index contributed by atoms with van der Waals surface area (Å²) in [6.45, 7) is 2.31. The number of rotatable bonds is 8. The van der Waals surface area contributed by atoms with Crippen LogP contribution in [0.1, 0.15) is 30.9 Å². The van der Waals surface area contributed by atoms with E-state index in [0.29, 0.717) is 5.76 Å². The van der Waals surface area contributed by atoms with Crippen LogP contribution in [0.3, 0.4) is 0 Å². The second kappa shape index (κ2) is 8.21. The number of hydrogen-bond donors (Lipinski definition) is 3. The molecule has 0 spiro atoms. The number of carbonyl (C=O) groups is 2. The molecule has 1 aromatic heterocycles. The third kappa shape index (κ3) is 5.31. The maximum Gasteiger partial charge on any atom is 0.315 e. The predicted octanol–water partition coefficient (Wildman–Crippen LogP) is 1.30. The first kappa shape index (κ1) is 16.0. The predicted molar refractivity (Wildman–Crippen MR) is 71.5 cm³/mol. The number of ether oxygens (including phenoxy) is 1. The smallest absolute Gasteiger partial charge is 0.315 e. The van der Waals surface area contributed by atoms with Crippen LogP contribution in [0, 0.1) is 0 Å². The van der Waals surface area contributed by atoms with E-state index in [9.17, 15) is 9.59 Å². The van der Waals surface area contributed by atoms with E-state index in [1.165, 1.54) is 7.11 Å². The molecular formula is C13H20N2O5. The van der Waals surface area contributed by atoms with Gasteiger partial charge in [-0.1, -0.05) is 6.92 Å². The first-order valence-electron chi connectivity index (χ1n) is 6.40. The number of carbonyl (C=O) groups excluding carboxylic acids is 1. The van der Waals surface area contributed by atoms with Gasteiger partial charge in [-0.25, -0.2) is 4.79 Å². The lowest BCUT2D eigenvalue weighted by atomic mass is 10.2. The van der Waals surface area contributed by atoms with Crippen molar-refractivity contribution in [3.8, 4) is 0 Å². The number of carboxylic acid groups (broad SMARTS) is 1. The van der Waals surface area contributed by atoms with Crippen LogP contribution < -0.4 is 10.6 Å². The van der Waals surface area contributed by atoms with Crippen LogP contribution in [0.5, 0.6) is 0 Å². The van der Waals surface area contributed by atoms with Crippen molar-refractivity contribution < 1.29 is 23.8 Å². The van der Waals surface area contributed by atoms with Crippen LogP contribution in [-0.2, 0) is 16.0 Å². The van der Waals surface area contributed by atoms with Crippen LogP contribution >= 0.6 is 0 Å². The molecule has 0 radical (unpaired) electrons. The third-order valence-electron chi connectivity index (χ3n) is 2.64. The number of hydrogen-bond acceptors (Lipinski definition) is 4. The van der Waals surface area contributed by atoms with E-state index in [-0.39, 0.29) is 19.6 Å². The minimum atomic E-state index is -0.961. The van der Waals surface area contributed by atoms with Crippen molar-refractivity contribution in [2.24, 2.45) is 0 Å². The Balaban J connectivity index is 2.53. The Labute approximate surface area is 117 Å². The SMILES string of the molecule is CCc1ccc(C(COC)NC(=O)NCCC(=O)O)o1. The van der Waals surface area contributed by atoms with Crippen molar-refractivity contribution in [2.45, 2.75) is 25.8 Å². The average molecular weight is 284 g/mol.